The summed E-state index contributed by atoms with van der Waals surface area (Å²) >= 11 is 0. The van der Waals surface area contributed by atoms with E-state index in [-0.39, 0.29) is 5.91 Å². The fourth-order valence-electron chi connectivity index (χ4n) is 2.49. The topological polar surface area (TPSA) is 49.3 Å². The Bertz CT molecular complexity index is 203. The largest absolute Gasteiger partial charge is 0.384 e. The minimum absolute atomic E-state index is 0.209. The maximum Gasteiger partial charge on any atom is 0.248 e. The van der Waals surface area contributed by atoms with Gasteiger partial charge < -0.3 is 10.4 Å². The van der Waals surface area contributed by atoms with E-state index in [2.05, 4.69) is 5.32 Å². The van der Waals surface area contributed by atoms with Gasteiger partial charge in [0.1, 0.15) is 6.10 Å². The zero-order valence-corrected chi connectivity index (χ0v) is 7.99. The van der Waals surface area contributed by atoms with Crippen LogP contribution < -0.4 is 5.32 Å². The monoisotopic (exact) mass is 183 g/mol. The second kappa shape index (κ2) is 3.29. The first-order valence-electron chi connectivity index (χ1n) is 5.18. The van der Waals surface area contributed by atoms with Gasteiger partial charge in [0.05, 0.1) is 0 Å². The van der Waals surface area contributed by atoms with Gasteiger partial charge in [-0.15, -0.1) is 0 Å². The minimum Gasteiger partial charge on any atom is -0.384 e. The van der Waals surface area contributed by atoms with Gasteiger partial charge in [-0.25, -0.2) is 0 Å². The lowest BCUT2D eigenvalue weighted by Crippen LogP contribution is -2.35. The van der Waals surface area contributed by atoms with Crippen LogP contribution in [0.25, 0.3) is 0 Å². The molecule has 0 aromatic carbocycles. The van der Waals surface area contributed by atoms with Crippen LogP contribution in [-0.2, 0) is 4.79 Å². The van der Waals surface area contributed by atoms with E-state index in [1.54, 1.807) is 0 Å². The maximum absolute atomic E-state index is 11.2. The number of amides is 1. The van der Waals surface area contributed by atoms with Crippen molar-refractivity contribution in [3.63, 3.8) is 0 Å². The van der Waals surface area contributed by atoms with Gasteiger partial charge in [-0.2, -0.15) is 0 Å². The molecular formula is C10H17NO2. The highest BCUT2D eigenvalue weighted by Gasteiger charge is 2.51. The molecule has 2 unspecified atom stereocenters. The van der Waals surface area contributed by atoms with Crippen LogP contribution in [0.3, 0.4) is 0 Å². The molecule has 3 heteroatoms. The average molecular weight is 183 g/mol. The van der Waals surface area contributed by atoms with Gasteiger partial charge in [0.15, 0.2) is 0 Å². The lowest BCUT2D eigenvalue weighted by molar-refractivity contribution is -0.128. The summed E-state index contributed by atoms with van der Waals surface area (Å²) in [6, 6.07) is 0.379. The Kier molecular flexibility index (Phi) is 2.28. The zero-order chi connectivity index (χ0) is 9.42. The molecule has 0 spiro atoms. The van der Waals surface area contributed by atoms with Gasteiger partial charge in [0.2, 0.25) is 5.91 Å². The summed E-state index contributed by atoms with van der Waals surface area (Å²) in [4.78, 5) is 11.2. The first kappa shape index (κ1) is 9.00. The number of aliphatic hydroxyl groups excluding tert-OH is 1. The molecule has 2 N–H and O–H groups in total. The summed E-state index contributed by atoms with van der Waals surface area (Å²) in [6.07, 6.45) is 4.28. The maximum atomic E-state index is 11.2. The number of rotatable bonds is 2. The van der Waals surface area contributed by atoms with E-state index in [0.717, 1.165) is 11.8 Å². The minimum atomic E-state index is -0.859. The Morgan fingerprint density at radius 1 is 1.38 bits per heavy atom. The van der Waals surface area contributed by atoms with Gasteiger partial charge in [-0.1, -0.05) is 12.8 Å². The lowest BCUT2D eigenvalue weighted by Gasteiger charge is -2.05. The van der Waals surface area contributed by atoms with Crippen molar-refractivity contribution in [2.75, 3.05) is 0 Å². The van der Waals surface area contributed by atoms with E-state index >= 15 is 0 Å². The van der Waals surface area contributed by atoms with E-state index in [9.17, 15) is 4.79 Å². The molecular weight excluding hydrogens is 166 g/mol. The number of carbonyl (C=O) groups is 1. The number of nitrogens with one attached hydrogen (secondary N) is 1. The van der Waals surface area contributed by atoms with Crippen LogP contribution in [0, 0.1) is 11.8 Å². The van der Waals surface area contributed by atoms with Crippen LogP contribution in [0.4, 0.5) is 0 Å². The van der Waals surface area contributed by atoms with Crippen molar-refractivity contribution in [2.24, 2.45) is 11.8 Å². The molecule has 0 radical (unpaired) electrons. The second-order valence-electron chi connectivity index (χ2n) is 4.32. The van der Waals surface area contributed by atoms with Crippen LogP contribution in [0.5, 0.6) is 0 Å². The first-order valence-corrected chi connectivity index (χ1v) is 5.18. The summed E-state index contributed by atoms with van der Waals surface area (Å²) in [5.41, 5.74) is 0. The molecule has 3 nitrogen and oxygen atoms in total. The van der Waals surface area contributed by atoms with Crippen LogP contribution >= 0.6 is 0 Å². The van der Waals surface area contributed by atoms with E-state index in [0.29, 0.717) is 6.04 Å². The van der Waals surface area contributed by atoms with Gasteiger partial charge in [0.25, 0.3) is 0 Å². The fourth-order valence-corrected chi connectivity index (χ4v) is 2.49. The third kappa shape index (κ3) is 1.70. The van der Waals surface area contributed by atoms with Gasteiger partial charge in [0, 0.05) is 6.04 Å². The summed E-state index contributed by atoms with van der Waals surface area (Å²) in [5.74, 6) is 1.23. The molecule has 1 amide bonds. The summed E-state index contributed by atoms with van der Waals surface area (Å²) < 4.78 is 0. The summed E-state index contributed by atoms with van der Waals surface area (Å²) in [7, 11) is 0. The smallest absolute Gasteiger partial charge is 0.248 e. The molecule has 3 atom stereocenters. The van der Waals surface area contributed by atoms with Crippen molar-refractivity contribution < 1.29 is 9.90 Å². The Labute approximate surface area is 78.5 Å². The fraction of sp³-hybridized carbons (Fsp3) is 0.900. The SMILES string of the molecule is C[C@H](O)C(=O)NC1C2CCCCC21. The number of hydrogen-bond donors (Lipinski definition) is 2. The predicted octanol–water partition coefficient (Wildman–Crippen LogP) is 0.672. The highest BCUT2D eigenvalue weighted by molar-refractivity contribution is 5.80. The molecule has 2 aliphatic carbocycles. The summed E-state index contributed by atoms with van der Waals surface area (Å²) in [5, 5.41) is 11.9. The van der Waals surface area contributed by atoms with Crippen molar-refractivity contribution in [3.8, 4) is 0 Å². The van der Waals surface area contributed by atoms with Crippen molar-refractivity contribution in [2.45, 2.75) is 44.8 Å². The first-order chi connectivity index (χ1) is 6.20. The van der Waals surface area contributed by atoms with Gasteiger partial charge in [-0.05, 0) is 31.6 Å². The molecule has 74 valence electrons. The summed E-state index contributed by atoms with van der Waals surface area (Å²) in [6.45, 7) is 1.52. The van der Waals surface area contributed by atoms with E-state index in [4.69, 9.17) is 5.11 Å². The van der Waals surface area contributed by atoms with E-state index < -0.39 is 6.10 Å². The van der Waals surface area contributed by atoms with Crippen molar-refractivity contribution in [3.05, 3.63) is 0 Å². The van der Waals surface area contributed by atoms with E-state index in [1.807, 2.05) is 0 Å². The van der Waals surface area contributed by atoms with Crippen LogP contribution in [0.2, 0.25) is 0 Å². The third-order valence-electron chi connectivity index (χ3n) is 3.34. The number of fused-ring (bicyclic) bond motifs is 1. The zero-order valence-electron chi connectivity index (χ0n) is 7.99. The molecule has 2 rings (SSSR count). The molecule has 2 aliphatic rings. The Balaban J connectivity index is 1.81. The molecule has 0 bridgehead atoms. The third-order valence-corrected chi connectivity index (χ3v) is 3.34. The Hall–Kier alpha value is -0.570. The highest BCUT2D eigenvalue weighted by Crippen LogP contribution is 2.49. The molecule has 0 aliphatic heterocycles. The molecule has 0 aromatic rings. The average Bonchev–Trinajstić information content (AvgIpc) is 2.79. The number of carbonyl (C=O) groups excluding carboxylic acids is 1. The van der Waals surface area contributed by atoms with Crippen molar-refractivity contribution in [1.82, 2.24) is 5.32 Å². The second-order valence-corrected chi connectivity index (χ2v) is 4.32. The standard InChI is InChI=1S/C10H17NO2/c1-6(12)10(13)11-9-7-4-2-3-5-8(7)9/h6-9,12H,2-5H2,1H3,(H,11,13)/t6-,7?,8?,9?/m0/s1. The van der Waals surface area contributed by atoms with E-state index in [1.165, 1.54) is 32.6 Å². The predicted molar refractivity (Wildman–Crippen MR) is 49.1 cm³/mol. The van der Waals surface area contributed by atoms with Gasteiger partial charge in [-0.3, -0.25) is 4.79 Å². The normalized spacial score (nSPS) is 39.1. The molecule has 2 saturated carbocycles. The van der Waals surface area contributed by atoms with Crippen molar-refractivity contribution >= 4 is 5.91 Å². The quantitative estimate of drug-likeness (QED) is 0.661. The van der Waals surface area contributed by atoms with Crippen LogP contribution in [0.1, 0.15) is 32.6 Å². The number of hydrogen-bond acceptors (Lipinski definition) is 2. The Morgan fingerprint density at radius 3 is 2.38 bits per heavy atom. The van der Waals surface area contributed by atoms with Crippen molar-refractivity contribution in [1.29, 1.82) is 0 Å². The molecule has 0 saturated heterocycles. The molecule has 13 heavy (non-hydrogen) atoms. The molecule has 0 aromatic heterocycles. The lowest BCUT2D eigenvalue weighted by atomic mass is 10.0. The Morgan fingerprint density at radius 2 is 1.92 bits per heavy atom. The molecule has 0 heterocycles. The number of aliphatic hydroxyl groups is 1. The molecule has 2 fully saturated rings. The van der Waals surface area contributed by atoms with Gasteiger partial charge >= 0.3 is 0 Å². The van der Waals surface area contributed by atoms with Crippen LogP contribution in [0.15, 0.2) is 0 Å². The highest BCUT2D eigenvalue weighted by atomic mass is 16.3. The van der Waals surface area contributed by atoms with Crippen LogP contribution in [-0.4, -0.2) is 23.2 Å².